The number of nitrogens with zero attached hydrogens (tertiary/aromatic N) is 4. The number of nitrogens with one attached hydrogen (secondary N) is 1. The Morgan fingerprint density at radius 1 is 1.00 bits per heavy atom. The normalized spacial score (nSPS) is 19.4. The summed E-state index contributed by atoms with van der Waals surface area (Å²) in [7, 11) is 3.08. The second kappa shape index (κ2) is 12.4. The van der Waals surface area contributed by atoms with Gasteiger partial charge in [-0.05, 0) is 50.8 Å². The third kappa shape index (κ3) is 5.76. The number of ether oxygens (including phenoxy) is 1. The van der Waals surface area contributed by atoms with Crippen molar-refractivity contribution >= 4 is 40.6 Å². The highest BCUT2D eigenvalue weighted by atomic mass is 35.5. The van der Waals surface area contributed by atoms with Crippen molar-refractivity contribution in [3.05, 3.63) is 92.3 Å². The Bertz CT molecular complexity index is 1870. The number of aryl methyl sites for hydroxylation is 1. The van der Waals surface area contributed by atoms with Crippen molar-refractivity contribution in [3.8, 4) is 28.3 Å². The van der Waals surface area contributed by atoms with Crippen molar-refractivity contribution in [2.45, 2.75) is 45.2 Å². The third-order valence-electron chi connectivity index (χ3n) is 9.25. The van der Waals surface area contributed by atoms with Crippen LogP contribution in [0.1, 0.15) is 48.5 Å². The van der Waals surface area contributed by atoms with Gasteiger partial charge < -0.3 is 10.1 Å². The molecule has 7 rings (SSSR count). The van der Waals surface area contributed by atoms with E-state index in [1.54, 1.807) is 26.2 Å². The second-order valence-corrected chi connectivity index (χ2v) is 12.6. The Kier molecular flexibility index (Phi) is 8.52. The maximum absolute atomic E-state index is 12.9. The quantitative estimate of drug-likeness (QED) is 0.236. The number of anilines is 1. The van der Waals surface area contributed by atoms with E-state index in [-0.39, 0.29) is 21.8 Å². The average Bonchev–Trinajstić information content (AvgIpc) is 3.04. The van der Waals surface area contributed by atoms with Crippen LogP contribution in [0.2, 0.25) is 10.0 Å². The minimum atomic E-state index is -0.595. The lowest BCUT2D eigenvalue weighted by atomic mass is 9.65. The number of carbonyl (C=O) groups is 2. The minimum Gasteiger partial charge on any atom is -0.481 e. The van der Waals surface area contributed by atoms with Crippen molar-refractivity contribution < 1.29 is 14.3 Å². The van der Waals surface area contributed by atoms with Crippen LogP contribution in [-0.4, -0.2) is 51.1 Å². The molecule has 1 aliphatic carbocycles. The van der Waals surface area contributed by atoms with Crippen molar-refractivity contribution in [1.29, 1.82) is 0 Å². The highest BCUT2D eigenvalue weighted by Crippen LogP contribution is 2.46. The second-order valence-electron chi connectivity index (χ2n) is 11.8. The molecule has 2 saturated heterocycles. The number of Topliss-reactive ketones (excluding diaryl/α,β-unsaturated/α-hetero) is 1. The van der Waals surface area contributed by atoms with Crippen LogP contribution in [0.15, 0.2) is 65.6 Å². The summed E-state index contributed by atoms with van der Waals surface area (Å²) in [5.74, 6) is 0.201. The van der Waals surface area contributed by atoms with Gasteiger partial charge in [-0.2, -0.15) is 5.10 Å². The van der Waals surface area contributed by atoms with Gasteiger partial charge in [0.25, 0.3) is 11.5 Å². The Morgan fingerprint density at radius 3 is 2.40 bits per heavy atom. The maximum Gasteiger partial charge on any atom is 0.279 e. The lowest BCUT2D eigenvalue weighted by Gasteiger charge is -2.51. The van der Waals surface area contributed by atoms with Gasteiger partial charge in [0.05, 0.1) is 28.5 Å². The molecule has 3 fully saturated rings. The van der Waals surface area contributed by atoms with Crippen molar-refractivity contribution in [2.75, 3.05) is 19.0 Å². The van der Waals surface area contributed by atoms with E-state index >= 15 is 0 Å². The molecule has 232 valence electrons. The van der Waals surface area contributed by atoms with E-state index in [9.17, 15) is 14.4 Å². The van der Waals surface area contributed by atoms with Gasteiger partial charge in [0.2, 0.25) is 5.88 Å². The molecule has 0 unspecified atom stereocenters. The number of benzene rings is 2. The lowest BCUT2D eigenvalue weighted by molar-refractivity contribution is -0.136. The van der Waals surface area contributed by atoms with Gasteiger partial charge in [-0.1, -0.05) is 59.6 Å². The van der Waals surface area contributed by atoms with Crippen molar-refractivity contribution in [3.63, 3.8) is 0 Å². The molecule has 2 aromatic heterocycles. The number of amides is 1. The fourth-order valence-electron chi connectivity index (χ4n) is 6.62. The molecule has 0 radical (unpaired) electrons. The van der Waals surface area contributed by atoms with Gasteiger partial charge in [0.1, 0.15) is 11.3 Å². The Labute approximate surface area is 271 Å². The highest BCUT2D eigenvalue weighted by Gasteiger charge is 2.47. The molecule has 2 aromatic carbocycles. The zero-order chi connectivity index (χ0) is 31.9. The van der Waals surface area contributed by atoms with E-state index in [0.29, 0.717) is 51.6 Å². The minimum absolute atomic E-state index is 0.0522. The van der Waals surface area contributed by atoms with E-state index in [1.807, 2.05) is 36.4 Å². The molecule has 2 aliphatic heterocycles. The molecule has 4 heterocycles. The van der Waals surface area contributed by atoms with E-state index in [2.05, 4.69) is 15.3 Å². The SMILES string of the molecule is COc1nc(-c2cccc(-c3cccc(NC(=O)c4ccnn(C)c4=O)c3Cl)c2Cl)ccc1CN1CC2(C(C)=O)CCC1CC2. The molecular weight excluding hydrogens is 613 g/mol. The lowest BCUT2D eigenvalue weighted by Crippen LogP contribution is -2.56. The first-order valence-electron chi connectivity index (χ1n) is 14.8. The van der Waals surface area contributed by atoms with E-state index in [0.717, 1.165) is 42.5 Å². The molecular formula is C34H33Cl2N5O4. The monoisotopic (exact) mass is 645 g/mol. The molecule has 0 spiro atoms. The van der Waals surface area contributed by atoms with Gasteiger partial charge in [-0.15, -0.1) is 0 Å². The molecule has 11 heteroatoms. The van der Waals surface area contributed by atoms with Crippen LogP contribution in [-0.2, 0) is 18.4 Å². The summed E-state index contributed by atoms with van der Waals surface area (Å²) in [5.41, 5.74) is 3.07. The smallest absolute Gasteiger partial charge is 0.279 e. The van der Waals surface area contributed by atoms with Crippen LogP contribution in [0.5, 0.6) is 5.88 Å². The van der Waals surface area contributed by atoms with Crippen molar-refractivity contribution in [1.82, 2.24) is 19.7 Å². The highest BCUT2D eigenvalue weighted by molar-refractivity contribution is 6.39. The third-order valence-corrected chi connectivity index (χ3v) is 10.1. The number of rotatable bonds is 8. The maximum atomic E-state index is 12.9. The van der Waals surface area contributed by atoms with Crippen LogP contribution in [0.4, 0.5) is 5.69 Å². The first-order valence-corrected chi connectivity index (χ1v) is 15.6. The molecule has 45 heavy (non-hydrogen) atoms. The number of hydrogen-bond acceptors (Lipinski definition) is 7. The summed E-state index contributed by atoms with van der Waals surface area (Å²) >= 11 is 13.8. The Balaban J connectivity index is 1.28. The molecule has 2 bridgehead atoms. The zero-order valence-electron chi connectivity index (χ0n) is 25.3. The standard InChI is InChI=1S/C34H33Cl2N5O4/c1-20(42)34-15-12-22(13-16-34)41(19-34)18-21-10-11-27(39-32(21)45-3)25-8-4-6-23(29(25)35)24-7-5-9-28(30(24)36)38-31(43)26-14-17-37-40(2)33(26)44/h4-11,14,17,22H,12-13,15-16,18-19H2,1-3H3,(H,38,43). The van der Waals surface area contributed by atoms with Gasteiger partial charge in [-0.25, -0.2) is 9.67 Å². The molecule has 1 N–H and O–H groups in total. The van der Waals surface area contributed by atoms with Crippen LogP contribution < -0.4 is 15.6 Å². The fraction of sp³-hybridized carbons (Fsp3) is 0.324. The number of pyridine rings is 1. The fourth-order valence-corrected chi connectivity index (χ4v) is 7.22. The van der Waals surface area contributed by atoms with E-state index in [1.165, 1.54) is 19.3 Å². The summed E-state index contributed by atoms with van der Waals surface area (Å²) in [6.07, 6.45) is 5.39. The topological polar surface area (TPSA) is 106 Å². The first kappa shape index (κ1) is 31.0. The van der Waals surface area contributed by atoms with Gasteiger partial charge in [0.15, 0.2) is 0 Å². The molecule has 3 aliphatic rings. The van der Waals surface area contributed by atoms with Crippen LogP contribution in [0, 0.1) is 5.41 Å². The number of aromatic nitrogens is 3. The summed E-state index contributed by atoms with van der Waals surface area (Å²) < 4.78 is 6.84. The predicted octanol–water partition coefficient (Wildman–Crippen LogP) is 6.41. The molecule has 9 nitrogen and oxygen atoms in total. The summed E-state index contributed by atoms with van der Waals surface area (Å²) in [6, 6.07) is 16.6. The number of fused-ring (bicyclic) bond motifs is 3. The summed E-state index contributed by atoms with van der Waals surface area (Å²) in [6.45, 7) is 3.15. The molecule has 1 saturated carbocycles. The van der Waals surface area contributed by atoms with Crippen LogP contribution in [0.3, 0.4) is 0 Å². The number of methoxy groups -OCH3 is 1. The van der Waals surface area contributed by atoms with Gasteiger partial charge >= 0.3 is 0 Å². The number of piperidine rings is 2. The first-order chi connectivity index (χ1) is 21.6. The largest absolute Gasteiger partial charge is 0.481 e. The number of ketones is 1. The number of hydrogen-bond donors (Lipinski definition) is 1. The molecule has 1 amide bonds. The van der Waals surface area contributed by atoms with Crippen LogP contribution >= 0.6 is 23.2 Å². The van der Waals surface area contributed by atoms with E-state index in [4.69, 9.17) is 32.9 Å². The summed E-state index contributed by atoms with van der Waals surface area (Å²) in [4.78, 5) is 45.1. The van der Waals surface area contributed by atoms with Gasteiger partial charge in [-0.3, -0.25) is 19.3 Å². The Morgan fingerprint density at radius 2 is 1.69 bits per heavy atom. The average molecular weight is 647 g/mol. The molecule has 0 atom stereocenters. The number of carbonyl (C=O) groups excluding carboxylic acids is 2. The van der Waals surface area contributed by atoms with Crippen molar-refractivity contribution in [2.24, 2.45) is 12.5 Å². The predicted molar refractivity (Wildman–Crippen MR) is 175 cm³/mol. The van der Waals surface area contributed by atoms with E-state index < -0.39 is 11.5 Å². The molecule has 4 aromatic rings. The Hall–Kier alpha value is -4.05. The number of halogens is 2. The summed E-state index contributed by atoms with van der Waals surface area (Å²) in [5, 5.41) is 7.30. The van der Waals surface area contributed by atoms with Gasteiger partial charge in [0, 0.05) is 60.0 Å². The zero-order valence-corrected chi connectivity index (χ0v) is 26.8. The van der Waals surface area contributed by atoms with Crippen LogP contribution in [0.25, 0.3) is 22.4 Å².